The van der Waals surface area contributed by atoms with Crippen LogP contribution in [0.5, 0.6) is 0 Å². The third-order valence-electron chi connectivity index (χ3n) is 4.58. The molecule has 0 fully saturated rings. The summed E-state index contributed by atoms with van der Waals surface area (Å²) >= 11 is 7.95. The van der Waals surface area contributed by atoms with Crippen LogP contribution < -0.4 is 5.32 Å². The Labute approximate surface area is 176 Å². The Morgan fingerprint density at radius 2 is 1.43 bits per heavy atom. The first-order chi connectivity index (χ1) is 13.7. The minimum Gasteiger partial charge on any atom is -0.355 e. The highest BCUT2D eigenvalue weighted by molar-refractivity contribution is 7.98. The molecule has 0 bridgehead atoms. The summed E-state index contributed by atoms with van der Waals surface area (Å²) in [6.45, 7) is 0.657. The summed E-state index contributed by atoms with van der Waals surface area (Å²) in [4.78, 5) is 12.5. The molecule has 0 atom stereocenters. The Morgan fingerprint density at radius 1 is 0.857 bits per heavy atom. The molecule has 3 rings (SSSR count). The lowest BCUT2D eigenvalue weighted by atomic mass is 9.88. The van der Waals surface area contributed by atoms with Gasteiger partial charge in [0.2, 0.25) is 5.91 Å². The Morgan fingerprint density at radius 3 is 2.04 bits per heavy atom. The number of thioether (sulfide) groups is 1. The number of carbonyl (C=O) groups is 1. The van der Waals surface area contributed by atoms with Gasteiger partial charge in [0, 0.05) is 35.4 Å². The van der Waals surface area contributed by atoms with Crippen molar-refractivity contribution in [3.05, 3.63) is 107 Å². The fourth-order valence-electron chi connectivity index (χ4n) is 3.12. The van der Waals surface area contributed by atoms with Gasteiger partial charge in [-0.2, -0.15) is 11.8 Å². The van der Waals surface area contributed by atoms with Crippen molar-refractivity contribution < 1.29 is 4.79 Å². The fourth-order valence-corrected chi connectivity index (χ4v) is 4.26. The van der Waals surface area contributed by atoms with Crippen LogP contribution in [0.4, 0.5) is 0 Å². The Balaban J connectivity index is 1.50. The largest absolute Gasteiger partial charge is 0.355 e. The smallest absolute Gasteiger partial charge is 0.220 e. The molecule has 0 aromatic heterocycles. The number of hydrogen-bond acceptors (Lipinski definition) is 2. The second-order valence-electron chi connectivity index (χ2n) is 6.57. The summed E-state index contributed by atoms with van der Waals surface area (Å²) < 4.78 is 0. The zero-order valence-electron chi connectivity index (χ0n) is 15.7. The summed E-state index contributed by atoms with van der Waals surface area (Å²) in [6.07, 6.45) is 0.448. The first-order valence-corrected chi connectivity index (χ1v) is 10.9. The van der Waals surface area contributed by atoms with Crippen molar-refractivity contribution in [1.29, 1.82) is 0 Å². The van der Waals surface area contributed by atoms with Crippen molar-refractivity contribution in [1.82, 2.24) is 5.32 Å². The Bertz CT molecular complexity index is 831. The molecule has 1 N–H and O–H groups in total. The predicted octanol–water partition coefficient (Wildman–Crippen LogP) is 5.91. The van der Waals surface area contributed by atoms with Gasteiger partial charge in [0.05, 0.1) is 0 Å². The summed E-state index contributed by atoms with van der Waals surface area (Å²) in [5.74, 6) is 1.86. The topological polar surface area (TPSA) is 29.1 Å². The van der Waals surface area contributed by atoms with Crippen molar-refractivity contribution in [3.63, 3.8) is 0 Å². The molecule has 0 saturated carbocycles. The lowest BCUT2D eigenvalue weighted by molar-refractivity contribution is -0.121. The molecule has 0 aliphatic rings. The third-order valence-corrected chi connectivity index (χ3v) is 5.95. The molecule has 1 amide bonds. The van der Waals surface area contributed by atoms with Gasteiger partial charge in [-0.3, -0.25) is 4.79 Å². The molecule has 0 heterocycles. The molecule has 144 valence electrons. The first kappa shape index (κ1) is 20.5. The molecule has 28 heavy (non-hydrogen) atoms. The standard InChI is InChI=1S/C24H24ClNOS/c25-23-14-8-7-13-21(23)18-28-16-15-26-24(27)17-22(19-9-3-1-4-10-19)20-11-5-2-6-12-20/h1-14,22H,15-18H2,(H,26,27). The van der Waals surface area contributed by atoms with Gasteiger partial charge in [-0.05, 0) is 22.8 Å². The van der Waals surface area contributed by atoms with Crippen LogP contribution in [0.25, 0.3) is 0 Å². The highest BCUT2D eigenvalue weighted by Gasteiger charge is 2.17. The van der Waals surface area contributed by atoms with Crippen LogP contribution in [0, 0.1) is 0 Å². The van der Waals surface area contributed by atoms with E-state index in [0.717, 1.165) is 33.2 Å². The molecule has 0 saturated heterocycles. The number of hydrogen-bond donors (Lipinski definition) is 1. The molecule has 2 nitrogen and oxygen atoms in total. The van der Waals surface area contributed by atoms with Crippen LogP contribution in [-0.4, -0.2) is 18.2 Å². The number of halogens is 1. The minimum atomic E-state index is 0.0678. The maximum Gasteiger partial charge on any atom is 0.220 e. The van der Waals surface area contributed by atoms with Crippen molar-refractivity contribution in [2.24, 2.45) is 0 Å². The molecule has 0 unspecified atom stereocenters. The minimum absolute atomic E-state index is 0.0678. The molecular weight excluding hydrogens is 386 g/mol. The lowest BCUT2D eigenvalue weighted by Gasteiger charge is -2.18. The highest BCUT2D eigenvalue weighted by Crippen LogP contribution is 2.27. The predicted molar refractivity (Wildman–Crippen MR) is 120 cm³/mol. The van der Waals surface area contributed by atoms with E-state index >= 15 is 0 Å². The average Bonchev–Trinajstić information content (AvgIpc) is 2.74. The molecule has 0 aliphatic carbocycles. The van der Waals surface area contributed by atoms with Crippen LogP contribution in [0.2, 0.25) is 5.02 Å². The van der Waals surface area contributed by atoms with E-state index in [1.165, 1.54) is 0 Å². The Hall–Kier alpha value is -2.23. The molecule has 0 spiro atoms. The van der Waals surface area contributed by atoms with Crippen molar-refractivity contribution in [2.75, 3.05) is 12.3 Å². The van der Waals surface area contributed by atoms with Crippen molar-refractivity contribution >= 4 is 29.3 Å². The fraction of sp³-hybridized carbons (Fsp3) is 0.208. The lowest BCUT2D eigenvalue weighted by Crippen LogP contribution is -2.27. The van der Waals surface area contributed by atoms with E-state index in [2.05, 4.69) is 29.6 Å². The SMILES string of the molecule is O=C(CC(c1ccccc1)c1ccccc1)NCCSCc1ccccc1Cl. The summed E-state index contributed by atoms with van der Waals surface area (Å²) in [5, 5.41) is 3.86. The van der Waals surface area contributed by atoms with Crippen LogP contribution in [0.3, 0.4) is 0 Å². The normalized spacial score (nSPS) is 10.8. The number of carbonyl (C=O) groups excluding carboxylic acids is 1. The van der Waals surface area contributed by atoms with E-state index in [9.17, 15) is 4.79 Å². The highest BCUT2D eigenvalue weighted by atomic mass is 35.5. The first-order valence-electron chi connectivity index (χ1n) is 9.42. The van der Waals surface area contributed by atoms with Crippen LogP contribution >= 0.6 is 23.4 Å². The summed E-state index contributed by atoms with van der Waals surface area (Å²) in [7, 11) is 0. The maximum atomic E-state index is 12.5. The van der Waals surface area contributed by atoms with Gasteiger partial charge in [-0.1, -0.05) is 90.5 Å². The number of rotatable bonds is 9. The third kappa shape index (κ3) is 6.15. The molecule has 3 aromatic carbocycles. The zero-order chi connectivity index (χ0) is 19.6. The van der Waals surface area contributed by atoms with E-state index in [0.29, 0.717) is 13.0 Å². The molecular formula is C24H24ClNOS. The van der Waals surface area contributed by atoms with E-state index in [1.54, 1.807) is 11.8 Å². The van der Waals surface area contributed by atoms with Gasteiger partial charge in [-0.15, -0.1) is 0 Å². The van der Waals surface area contributed by atoms with Crippen molar-refractivity contribution in [3.8, 4) is 0 Å². The number of benzene rings is 3. The molecule has 4 heteroatoms. The van der Waals surface area contributed by atoms with Crippen molar-refractivity contribution in [2.45, 2.75) is 18.1 Å². The summed E-state index contributed by atoms with van der Waals surface area (Å²) in [5.41, 5.74) is 3.46. The van der Waals surface area contributed by atoms with Gasteiger partial charge in [-0.25, -0.2) is 0 Å². The van der Waals surface area contributed by atoms with Gasteiger partial charge < -0.3 is 5.32 Å². The number of amides is 1. The van der Waals surface area contributed by atoms with E-state index < -0.39 is 0 Å². The zero-order valence-corrected chi connectivity index (χ0v) is 17.3. The second-order valence-corrected chi connectivity index (χ2v) is 8.08. The molecule has 0 aliphatic heterocycles. The monoisotopic (exact) mass is 409 g/mol. The van der Waals surface area contributed by atoms with Gasteiger partial charge in [0.1, 0.15) is 0 Å². The van der Waals surface area contributed by atoms with Gasteiger partial charge in [0.25, 0.3) is 0 Å². The van der Waals surface area contributed by atoms with Gasteiger partial charge in [0.15, 0.2) is 0 Å². The second kappa shape index (κ2) is 10.9. The Kier molecular flexibility index (Phi) is 8.01. The van der Waals surface area contributed by atoms with E-state index in [1.807, 2.05) is 60.7 Å². The molecule has 3 aromatic rings. The van der Waals surface area contributed by atoms with Crippen LogP contribution in [0.15, 0.2) is 84.9 Å². The number of nitrogens with one attached hydrogen (secondary N) is 1. The van der Waals surface area contributed by atoms with E-state index in [4.69, 9.17) is 11.6 Å². The summed E-state index contributed by atoms with van der Waals surface area (Å²) in [6, 6.07) is 28.3. The average molecular weight is 410 g/mol. The quantitative estimate of drug-likeness (QED) is 0.445. The molecule has 0 radical (unpaired) electrons. The van der Waals surface area contributed by atoms with Crippen LogP contribution in [-0.2, 0) is 10.5 Å². The van der Waals surface area contributed by atoms with Crippen LogP contribution in [0.1, 0.15) is 29.0 Å². The maximum absolute atomic E-state index is 12.5. The van der Waals surface area contributed by atoms with Gasteiger partial charge >= 0.3 is 0 Å². The van der Waals surface area contributed by atoms with E-state index in [-0.39, 0.29) is 11.8 Å².